The number of morpholine rings is 1. The van der Waals surface area contributed by atoms with Crippen LogP contribution in [0, 0.1) is 5.92 Å². The van der Waals surface area contributed by atoms with Crippen molar-refractivity contribution >= 4 is 59.1 Å². The minimum absolute atomic E-state index is 0.00918. The molecule has 2 N–H and O–H groups in total. The number of piperidine rings is 2. The highest BCUT2D eigenvalue weighted by Gasteiger charge is 2.45. The van der Waals surface area contributed by atoms with E-state index in [0.717, 1.165) is 102 Å². The molecule has 4 amide bonds. The van der Waals surface area contributed by atoms with Crippen LogP contribution >= 0.6 is 12.6 Å². The Hall–Kier alpha value is -5.18. The van der Waals surface area contributed by atoms with E-state index in [1.165, 1.54) is 4.90 Å². The summed E-state index contributed by atoms with van der Waals surface area (Å²) in [6.45, 7) is 8.02. The van der Waals surface area contributed by atoms with Crippen molar-refractivity contribution in [2.75, 3.05) is 74.1 Å². The van der Waals surface area contributed by atoms with Crippen LogP contribution in [0.25, 0.3) is 5.65 Å². The first-order valence-corrected chi connectivity index (χ1v) is 23.7. The largest absolute Gasteiger partial charge is 0.374 e. The number of benzene rings is 1. The van der Waals surface area contributed by atoms with Gasteiger partial charge in [-0.2, -0.15) is 5.10 Å². The van der Waals surface area contributed by atoms with Gasteiger partial charge in [0.25, 0.3) is 18.2 Å². The van der Waals surface area contributed by atoms with Gasteiger partial charge in [0.2, 0.25) is 11.8 Å². The molecule has 3 aromatic heterocycles. The monoisotopic (exact) mass is 912 g/mol. The molecule has 6 fully saturated rings. The van der Waals surface area contributed by atoms with Crippen LogP contribution < -0.4 is 20.4 Å². The second kappa shape index (κ2) is 17.2. The second-order valence-electron chi connectivity index (χ2n) is 18.8. The third kappa shape index (κ3) is 7.92. The maximum Gasteiger partial charge on any atom is 0.284 e. The number of hydrogen-bond donors (Lipinski definition) is 3. The highest BCUT2D eigenvalue weighted by atomic mass is 32.1. The lowest BCUT2D eigenvalue weighted by Gasteiger charge is -2.44. The first-order valence-electron chi connectivity index (χ1n) is 23.2. The number of piperazine rings is 1. The Morgan fingerprint density at radius 3 is 2.48 bits per heavy atom. The summed E-state index contributed by atoms with van der Waals surface area (Å²) < 4.78 is 37.9. The molecular weight excluding hydrogens is 859 g/mol. The number of halogens is 2. The molecule has 5 saturated heterocycles. The van der Waals surface area contributed by atoms with E-state index < -0.39 is 35.3 Å². The Bertz CT molecular complexity index is 2500. The molecule has 17 nitrogen and oxygen atoms in total. The zero-order valence-electron chi connectivity index (χ0n) is 36.1. The summed E-state index contributed by atoms with van der Waals surface area (Å²) >= 11 is 4.72. The maximum absolute atomic E-state index is 14.5. The second-order valence-corrected chi connectivity index (χ2v) is 19.3. The van der Waals surface area contributed by atoms with Crippen LogP contribution in [0.2, 0.25) is 0 Å². The van der Waals surface area contributed by atoms with Gasteiger partial charge in [0.15, 0.2) is 17.2 Å². The molecule has 0 radical (unpaired) electrons. The Morgan fingerprint density at radius 1 is 0.954 bits per heavy atom. The summed E-state index contributed by atoms with van der Waals surface area (Å²) in [6, 6.07) is 7.53. The number of nitrogens with zero attached hydrogens (tertiary/aromatic N) is 10. The van der Waals surface area contributed by atoms with E-state index in [0.29, 0.717) is 48.6 Å². The molecule has 11 rings (SSSR count). The normalized spacial score (nSPS) is 27.9. The van der Waals surface area contributed by atoms with Gasteiger partial charge < -0.3 is 29.7 Å². The van der Waals surface area contributed by atoms with Crippen LogP contribution in [-0.4, -0.2) is 146 Å². The molecule has 65 heavy (non-hydrogen) atoms. The number of carbonyl (C=O) groups excluding carboxylic acids is 4. The van der Waals surface area contributed by atoms with Crippen LogP contribution in [0.5, 0.6) is 0 Å². The van der Waals surface area contributed by atoms with Gasteiger partial charge in [-0.1, -0.05) is 6.07 Å². The summed E-state index contributed by atoms with van der Waals surface area (Å²) in [5.41, 5.74) is 2.55. The van der Waals surface area contributed by atoms with Crippen LogP contribution in [0.15, 0.2) is 42.9 Å². The van der Waals surface area contributed by atoms with E-state index in [4.69, 9.17) is 17.4 Å². The fourth-order valence-electron chi connectivity index (χ4n) is 11.5. The number of hydrogen-bond acceptors (Lipinski definition) is 13. The summed E-state index contributed by atoms with van der Waals surface area (Å²) in [7, 11) is 0. The SMILES string of the molecule is O=C1CC[C@@H](N2C(=O)c3cc(N4CCC(N5CCN(CC6CCC(n7cc(NC(=O)c8c(N9C[C@H]%10C[C@@H]9CO%10)nn9cccnc89)c(C(F)F)n7)CC6)CC5)CC4)ccc3[C@H]2S)C(=O)N1. The number of rotatable bonds is 10. The quantitative estimate of drug-likeness (QED) is 0.153. The molecule has 0 spiro atoms. The number of aromatic nitrogens is 5. The molecule has 344 valence electrons. The highest BCUT2D eigenvalue weighted by molar-refractivity contribution is 7.80. The molecule has 1 aliphatic carbocycles. The van der Waals surface area contributed by atoms with Crippen molar-refractivity contribution < 1.29 is 32.7 Å². The minimum Gasteiger partial charge on any atom is -0.374 e. The predicted molar refractivity (Wildman–Crippen MR) is 238 cm³/mol. The van der Waals surface area contributed by atoms with Crippen molar-refractivity contribution in [3.05, 3.63) is 65.2 Å². The van der Waals surface area contributed by atoms with Gasteiger partial charge in [-0.25, -0.2) is 18.3 Å². The van der Waals surface area contributed by atoms with Crippen molar-refractivity contribution in [1.29, 1.82) is 0 Å². The van der Waals surface area contributed by atoms with E-state index in [9.17, 15) is 28.0 Å². The van der Waals surface area contributed by atoms with E-state index in [1.807, 2.05) is 12.1 Å². The molecule has 4 aromatic rings. The van der Waals surface area contributed by atoms with Gasteiger partial charge in [-0.15, -0.1) is 17.7 Å². The maximum atomic E-state index is 14.5. The zero-order valence-corrected chi connectivity index (χ0v) is 37.0. The Balaban J connectivity index is 0.654. The highest BCUT2D eigenvalue weighted by Crippen LogP contribution is 2.42. The molecule has 1 aromatic carbocycles. The standard InChI is InChI=1S/C45H54F2N12O5S/c46-39(47)38-34(49-43(62)37-40-48-12-1-13-57(40)52-41(37)56-23-31-20-30(56)25-64-31)24-58(51-38)28-4-2-26(3-5-28)22-53-16-18-55(19-17-53)27-10-14-54(15-11-27)29-6-7-32-33(21-29)44(63)59(45(32)65)35-8-9-36(60)50-42(35)61/h1,6-7,12-13,21,24,26-28,30-31,35,39,45,65H,2-5,8-11,14-20,22-23,25H2,(H,49,62)(H,50,60,61)/t26?,28?,30-,31-,35-,45-/m1/s1. The molecule has 4 atom stereocenters. The summed E-state index contributed by atoms with van der Waals surface area (Å²) in [5, 5.41) is 13.6. The van der Waals surface area contributed by atoms with Gasteiger partial charge in [0.05, 0.1) is 30.5 Å². The number of amides is 4. The minimum atomic E-state index is -2.86. The molecule has 7 aliphatic rings. The fraction of sp³-hybridized carbons (Fsp3) is 0.578. The Morgan fingerprint density at radius 2 is 1.75 bits per heavy atom. The first-order chi connectivity index (χ1) is 31.6. The molecular formula is C45H54F2N12O5S. The Kier molecular flexibility index (Phi) is 11.3. The Labute approximate surface area is 380 Å². The third-order valence-electron chi connectivity index (χ3n) is 15.0. The fourth-order valence-corrected chi connectivity index (χ4v) is 12.0. The van der Waals surface area contributed by atoms with E-state index in [2.05, 4.69) is 51.5 Å². The number of alkyl halides is 2. The van der Waals surface area contributed by atoms with Crippen molar-refractivity contribution in [3.63, 3.8) is 0 Å². The van der Waals surface area contributed by atoms with Crippen molar-refractivity contribution in [1.82, 2.24) is 44.4 Å². The molecule has 20 heteroatoms. The molecule has 9 heterocycles. The van der Waals surface area contributed by atoms with E-state index >= 15 is 0 Å². The van der Waals surface area contributed by atoms with Gasteiger partial charge in [-0.05, 0) is 81.0 Å². The topological polar surface area (TPSA) is 166 Å². The van der Waals surface area contributed by atoms with E-state index in [1.54, 1.807) is 33.9 Å². The van der Waals surface area contributed by atoms with Crippen LogP contribution in [0.3, 0.4) is 0 Å². The average Bonchev–Trinajstić information content (AvgIpc) is 4.16. The number of anilines is 3. The third-order valence-corrected chi connectivity index (χ3v) is 15.6. The number of carbonyl (C=O) groups is 4. The van der Waals surface area contributed by atoms with Gasteiger partial charge in [0, 0.05) is 94.7 Å². The summed E-state index contributed by atoms with van der Waals surface area (Å²) in [4.78, 5) is 67.4. The lowest BCUT2D eigenvalue weighted by Crippen LogP contribution is -2.54. The van der Waals surface area contributed by atoms with Crippen molar-refractivity contribution in [3.8, 4) is 0 Å². The number of ether oxygens (including phenoxy) is 1. The number of fused-ring (bicyclic) bond motifs is 4. The van der Waals surface area contributed by atoms with Crippen LogP contribution in [0.1, 0.15) is 108 Å². The van der Waals surface area contributed by atoms with Crippen LogP contribution in [0.4, 0.5) is 26.0 Å². The summed E-state index contributed by atoms with van der Waals surface area (Å²) in [5.74, 6) is -0.520. The molecule has 6 aliphatic heterocycles. The van der Waals surface area contributed by atoms with Crippen molar-refractivity contribution in [2.24, 2.45) is 5.92 Å². The lowest BCUT2D eigenvalue weighted by atomic mass is 9.85. The van der Waals surface area contributed by atoms with Crippen molar-refractivity contribution in [2.45, 2.75) is 99.9 Å². The van der Waals surface area contributed by atoms with E-state index in [-0.39, 0.29) is 47.7 Å². The number of thiol groups is 1. The summed E-state index contributed by atoms with van der Waals surface area (Å²) in [6.07, 6.45) is 9.14. The molecule has 0 unspecified atom stereocenters. The number of imide groups is 1. The lowest BCUT2D eigenvalue weighted by molar-refractivity contribution is -0.137. The first kappa shape index (κ1) is 42.5. The van der Waals surface area contributed by atoms with Crippen LogP contribution in [-0.2, 0) is 14.3 Å². The molecule has 2 bridgehead atoms. The van der Waals surface area contributed by atoms with Gasteiger partial charge in [0.1, 0.15) is 17.0 Å². The van der Waals surface area contributed by atoms with Gasteiger partial charge in [-0.3, -0.25) is 34.1 Å². The molecule has 1 saturated carbocycles. The number of nitrogens with one attached hydrogen (secondary N) is 2. The zero-order chi connectivity index (χ0) is 44.5. The van der Waals surface area contributed by atoms with Gasteiger partial charge >= 0.3 is 0 Å². The predicted octanol–water partition coefficient (Wildman–Crippen LogP) is 4.30. The smallest absolute Gasteiger partial charge is 0.284 e. The average molecular weight is 913 g/mol.